The van der Waals surface area contributed by atoms with Gasteiger partial charge < -0.3 is 14.6 Å². The number of nitrogens with zero attached hydrogens (tertiary/aromatic N) is 2. The van der Waals surface area contributed by atoms with Gasteiger partial charge in [0.25, 0.3) is 5.56 Å². The molecule has 1 aliphatic rings. The van der Waals surface area contributed by atoms with E-state index in [4.69, 9.17) is 9.47 Å². The number of methoxy groups -OCH3 is 1. The number of rotatable bonds is 5. The molecule has 0 bridgehead atoms. The summed E-state index contributed by atoms with van der Waals surface area (Å²) in [4.78, 5) is 31.5. The van der Waals surface area contributed by atoms with Gasteiger partial charge in [-0.15, -0.1) is 0 Å². The van der Waals surface area contributed by atoms with Crippen molar-refractivity contribution < 1.29 is 19.4 Å². The van der Waals surface area contributed by atoms with Crippen LogP contribution in [0, 0.1) is 6.92 Å². The zero-order valence-corrected chi connectivity index (χ0v) is 19.6. The first-order valence-corrected chi connectivity index (χ1v) is 11.3. The second-order valence-corrected chi connectivity index (χ2v) is 8.62. The number of phenolic OH excluding ortho intramolecular Hbond substituents is 1. The van der Waals surface area contributed by atoms with Crippen LogP contribution in [0.3, 0.4) is 0 Å². The molecule has 0 radical (unpaired) electrons. The summed E-state index contributed by atoms with van der Waals surface area (Å²) < 4.78 is 12.4. The van der Waals surface area contributed by atoms with Gasteiger partial charge in [-0.3, -0.25) is 9.36 Å². The van der Waals surface area contributed by atoms with Crippen LogP contribution in [0.1, 0.15) is 36.6 Å². The Kier molecular flexibility index (Phi) is 6.20. The van der Waals surface area contributed by atoms with E-state index in [9.17, 15) is 14.7 Å². The van der Waals surface area contributed by atoms with Gasteiger partial charge in [-0.2, -0.15) is 0 Å². The third-order valence-corrected chi connectivity index (χ3v) is 6.43. The first-order chi connectivity index (χ1) is 15.8. The summed E-state index contributed by atoms with van der Waals surface area (Å²) in [6.07, 6.45) is 1.61. The minimum atomic E-state index is -0.665. The fourth-order valence-electron chi connectivity index (χ4n) is 3.82. The molecule has 8 heteroatoms. The summed E-state index contributed by atoms with van der Waals surface area (Å²) in [5.41, 5.74) is 2.85. The van der Waals surface area contributed by atoms with Gasteiger partial charge in [0, 0.05) is 5.56 Å². The predicted molar refractivity (Wildman–Crippen MR) is 126 cm³/mol. The van der Waals surface area contributed by atoms with Crippen LogP contribution in [0.2, 0.25) is 0 Å². The Morgan fingerprint density at radius 2 is 1.94 bits per heavy atom. The zero-order valence-electron chi connectivity index (χ0n) is 18.8. The van der Waals surface area contributed by atoms with E-state index in [1.807, 2.05) is 31.2 Å². The molecule has 0 aliphatic carbocycles. The van der Waals surface area contributed by atoms with E-state index in [0.29, 0.717) is 31.9 Å². The number of carbonyl (C=O) groups is 1. The van der Waals surface area contributed by atoms with Crippen LogP contribution in [0.25, 0.3) is 6.08 Å². The normalized spacial score (nSPS) is 15.8. The fourth-order valence-corrected chi connectivity index (χ4v) is 4.85. The van der Waals surface area contributed by atoms with E-state index in [2.05, 4.69) is 4.99 Å². The van der Waals surface area contributed by atoms with E-state index < -0.39 is 12.0 Å². The van der Waals surface area contributed by atoms with Crippen LogP contribution < -0.4 is 19.6 Å². The number of phenols is 1. The quantitative estimate of drug-likeness (QED) is 0.587. The lowest BCUT2D eigenvalue weighted by Gasteiger charge is -2.24. The minimum Gasteiger partial charge on any atom is -0.504 e. The molecule has 0 spiro atoms. The number of aromatic nitrogens is 1. The number of aromatic hydroxyl groups is 1. The number of hydrogen-bond donors (Lipinski definition) is 1. The van der Waals surface area contributed by atoms with Gasteiger partial charge in [-0.1, -0.05) is 53.3 Å². The number of carbonyl (C=O) groups excluding carboxylic acids is 1. The summed E-state index contributed by atoms with van der Waals surface area (Å²) >= 11 is 1.20. The highest BCUT2D eigenvalue weighted by Gasteiger charge is 2.33. The molecule has 7 nitrogen and oxygen atoms in total. The van der Waals surface area contributed by atoms with Gasteiger partial charge in [-0.05, 0) is 38.5 Å². The SMILES string of the molecule is CCOC(=O)C1=C(C)N=c2s/c(=C\c3cccc(OC)c3O)c(=O)n2[C@@H]1c1ccc(C)cc1. The summed E-state index contributed by atoms with van der Waals surface area (Å²) in [6.45, 7) is 5.68. The monoisotopic (exact) mass is 464 g/mol. The van der Waals surface area contributed by atoms with E-state index in [1.54, 1.807) is 38.1 Å². The van der Waals surface area contributed by atoms with E-state index in [1.165, 1.54) is 23.0 Å². The number of ether oxygens (including phenoxy) is 2. The minimum absolute atomic E-state index is 0.0516. The molecule has 170 valence electrons. The molecule has 1 N–H and O–H groups in total. The lowest BCUT2D eigenvalue weighted by atomic mass is 9.95. The molecule has 0 unspecified atom stereocenters. The van der Waals surface area contributed by atoms with Gasteiger partial charge in [0.15, 0.2) is 16.3 Å². The molecule has 33 heavy (non-hydrogen) atoms. The summed E-state index contributed by atoms with van der Waals surface area (Å²) in [5.74, 6) is -0.233. The smallest absolute Gasteiger partial charge is 0.338 e. The molecule has 2 aromatic carbocycles. The topological polar surface area (TPSA) is 90.1 Å². The average Bonchev–Trinajstić information content (AvgIpc) is 3.09. The van der Waals surface area contributed by atoms with E-state index >= 15 is 0 Å². The fraction of sp³-hybridized carbons (Fsp3) is 0.240. The molecule has 2 heterocycles. The average molecular weight is 465 g/mol. The van der Waals surface area contributed by atoms with Crippen LogP contribution in [-0.2, 0) is 9.53 Å². The number of fused-ring (bicyclic) bond motifs is 1. The maximum Gasteiger partial charge on any atom is 0.338 e. The van der Waals surface area contributed by atoms with Crippen molar-refractivity contribution in [1.82, 2.24) is 4.57 Å². The Hall–Kier alpha value is -3.65. The van der Waals surface area contributed by atoms with Gasteiger partial charge >= 0.3 is 5.97 Å². The van der Waals surface area contributed by atoms with Gasteiger partial charge in [0.2, 0.25) is 0 Å². The summed E-state index contributed by atoms with van der Waals surface area (Å²) in [5, 5.41) is 10.5. The first kappa shape index (κ1) is 22.5. The van der Waals surface area contributed by atoms with Crippen molar-refractivity contribution in [2.45, 2.75) is 26.8 Å². The van der Waals surface area contributed by atoms with Gasteiger partial charge in [0.05, 0.1) is 35.6 Å². The molecule has 1 aromatic heterocycles. The van der Waals surface area contributed by atoms with Crippen LogP contribution in [0.15, 0.2) is 63.5 Å². The van der Waals surface area contributed by atoms with Crippen molar-refractivity contribution in [1.29, 1.82) is 0 Å². The number of para-hydroxylation sites is 1. The van der Waals surface area contributed by atoms with Gasteiger partial charge in [-0.25, -0.2) is 9.79 Å². The molecule has 0 saturated heterocycles. The Morgan fingerprint density at radius 3 is 2.61 bits per heavy atom. The maximum absolute atomic E-state index is 13.6. The number of esters is 1. The molecular formula is C25H24N2O5S. The third kappa shape index (κ3) is 4.09. The molecule has 0 saturated carbocycles. The number of thiazole rings is 1. The van der Waals surface area contributed by atoms with Crippen LogP contribution >= 0.6 is 11.3 Å². The molecule has 1 atom stereocenters. The molecular weight excluding hydrogens is 440 g/mol. The third-order valence-electron chi connectivity index (χ3n) is 5.45. The molecule has 1 aliphatic heterocycles. The number of benzene rings is 2. The lowest BCUT2D eigenvalue weighted by Crippen LogP contribution is -2.39. The highest BCUT2D eigenvalue weighted by Crippen LogP contribution is 2.31. The van der Waals surface area contributed by atoms with Crippen molar-refractivity contribution in [3.05, 3.63) is 90.1 Å². The second kappa shape index (κ2) is 9.07. The molecule has 0 amide bonds. The van der Waals surface area contributed by atoms with E-state index in [-0.39, 0.29) is 17.9 Å². The maximum atomic E-state index is 13.6. The van der Waals surface area contributed by atoms with Crippen molar-refractivity contribution in [2.75, 3.05) is 13.7 Å². The first-order valence-electron chi connectivity index (χ1n) is 10.5. The van der Waals surface area contributed by atoms with Crippen molar-refractivity contribution >= 4 is 23.4 Å². The second-order valence-electron chi connectivity index (χ2n) is 7.61. The largest absolute Gasteiger partial charge is 0.504 e. The number of hydrogen-bond acceptors (Lipinski definition) is 7. The zero-order chi connectivity index (χ0) is 23.7. The standard InChI is InChI=1S/C25H24N2O5S/c1-5-32-24(30)20-15(3)26-25-27(21(20)16-11-9-14(2)10-12-16)23(29)19(33-25)13-17-7-6-8-18(31-4)22(17)28/h6-13,21,28H,5H2,1-4H3/b19-13-/t21-/m1/s1. The lowest BCUT2D eigenvalue weighted by molar-refractivity contribution is -0.139. The number of aryl methyl sites for hydroxylation is 1. The number of allylic oxidation sites excluding steroid dienone is 1. The van der Waals surface area contributed by atoms with Crippen molar-refractivity contribution in [3.63, 3.8) is 0 Å². The molecule has 3 aromatic rings. The highest BCUT2D eigenvalue weighted by atomic mass is 32.1. The summed E-state index contributed by atoms with van der Waals surface area (Å²) in [7, 11) is 1.47. The predicted octanol–water partition coefficient (Wildman–Crippen LogP) is 2.82. The van der Waals surface area contributed by atoms with Crippen LogP contribution in [-0.4, -0.2) is 29.4 Å². The van der Waals surface area contributed by atoms with E-state index in [0.717, 1.165) is 11.1 Å². The Balaban J connectivity index is 1.96. The van der Waals surface area contributed by atoms with Crippen LogP contribution in [0.5, 0.6) is 11.5 Å². The van der Waals surface area contributed by atoms with Crippen LogP contribution in [0.4, 0.5) is 0 Å². The summed E-state index contributed by atoms with van der Waals surface area (Å²) in [6, 6.07) is 12.1. The Labute approximate surface area is 194 Å². The Bertz CT molecular complexity index is 1430. The van der Waals surface area contributed by atoms with Crippen molar-refractivity contribution in [3.8, 4) is 11.5 Å². The Morgan fingerprint density at radius 1 is 1.21 bits per heavy atom. The highest BCUT2D eigenvalue weighted by molar-refractivity contribution is 7.07. The molecule has 4 rings (SSSR count). The van der Waals surface area contributed by atoms with Gasteiger partial charge in [0.1, 0.15) is 0 Å². The van der Waals surface area contributed by atoms with Crippen molar-refractivity contribution in [2.24, 2.45) is 4.99 Å². The molecule has 0 fully saturated rings.